The molecule has 3 aromatic rings. The molecule has 0 spiro atoms. The van der Waals surface area contributed by atoms with Crippen molar-refractivity contribution < 1.29 is 9.21 Å². The summed E-state index contributed by atoms with van der Waals surface area (Å²) in [6.07, 6.45) is 0. The van der Waals surface area contributed by atoms with Crippen molar-refractivity contribution in [3.8, 4) is 11.5 Å². The van der Waals surface area contributed by atoms with Gasteiger partial charge in [-0.25, -0.2) is 4.98 Å². The monoisotopic (exact) mass is 351 g/mol. The van der Waals surface area contributed by atoms with Crippen LogP contribution in [0.2, 0.25) is 0 Å². The zero-order valence-electron chi connectivity index (χ0n) is 15.7. The zero-order valence-corrected chi connectivity index (χ0v) is 15.7. The number of carbonyl (C=O) groups excluding carboxylic acids is 1. The Labute approximate surface area is 154 Å². The Morgan fingerprint density at radius 2 is 1.81 bits per heavy atom. The molecule has 5 nitrogen and oxygen atoms in total. The van der Waals surface area contributed by atoms with Crippen LogP contribution in [0.5, 0.6) is 0 Å². The highest BCUT2D eigenvalue weighted by atomic mass is 16.3. The number of amides is 1. The van der Waals surface area contributed by atoms with E-state index in [2.05, 4.69) is 41.2 Å². The van der Waals surface area contributed by atoms with Crippen LogP contribution in [0.3, 0.4) is 0 Å². The third kappa shape index (κ3) is 3.72. The normalized spacial score (nSPS) is 11.1. The molecular weight excluding hydrogens is 326 g/mol. The fourth-order valence-corrected chi connectivity index (χ4v) is 2.82. The maximum atomic E-state index is 11.9. The summed E-state index contributed by atoms with van der Waals surface area (Å²) in [5, 5.41) is 2.89. The first-order valence-corrected chi connectivity index (χ1v) is 9.08. The van der Waals surface area contributed by atoms with Gasteiger partial charge in [0, 0.05) is 35.9 Å². The van der Waals surface area contributed by atoms with Crippen LogP contribution in [0.4, 0.5) is 11.4 Å². The van der Waals surface area contributed by atoms with Crippen LogP contribution in [-0.2, 0) is 4.79 Å². The first-order chi connectivity index (χ1) is 12.5. The second kappa shape index (κ2) is 7.60. The molecule has 1 N–H and O–H groups in total. The average molecular weight is 351 g/mol. The number of fused-ring (bicyclic) bond motifs is 1. The van der Waals surface area contributed by atoms with Gasteiger partial charge in [0.2, 0.25) is 11.8 Å². The summed E-state index contributed by atoms with van der Waals surface area (Å²) in [7, 11) is 0. The third-order valence-corrected chi connectivity index (χ3v) is 4.42. The van der Waals surface area contributed by atoms with Gasteiger partial charge in [-0.1, -0.05) is 13.8 Å². The van der Waals surface area contributed by atoms with Crippen LogP contribution in [0, 0.1) is 5.92 Å². The molecule has 0 aliphatic rings. The summed E-state index contributed by atoms with van der Waals surface area (Å²) in [6, 6.07) is 13.7. The predicted octanol–water partition coefficient (Wildman–Crippen LogP) is 4.94. The molecule has 136 valence electrons. The van der Waals surface area contributed by atoms with Gasteiger partial charge in [0.05, 0.1) is 0 Å². The smallest absolute Gasteiger partial charge is 0.227 e. The Morgan fingerprint density at radius 1 is 1.12 bits per heavy atom. The molecule has 1 heterocycles. The molecule has 0 saturated heterocycles. The predicted molar refractivity (Wildman–Crippen MR) is 106 cm³/mol. The molecule has 5 heteroatoms. The Morgan fingerprint density at radius 3 is 2.42 bits per heavy atom. The summed E-state index contributed by atoms with van der Waals surface area (Å²) in [6.45, 7) is 9.98. The van der Waals surface area contributed by atoms with Crippen molar-refractivity contribution in [1.82, 2.24) is 4.98 Å². The van der Waals surface area contributed by atoms with Gasteiger partial charge < -0.3 is 14.6 Å². The molecule has 0 saturated carbocycles. The summed E-state index contributed by atoms with van der Waals surface area (Å²) in [4.78, 5) is 18.7. The van der Waals surface area contributed by atoms with Gasteiger partial charge in [-0.15, -0.1) is 0 Å². The van der Waals surface area contributed by atoms with Crippen molar-refractivity contribution in [3.05, 3.63) is 42.5 Å². The van der Waals surface area contributed by atoms with Gasteiger partial charge in [0.15, 0.2) is 5.58 Å². The lowest BCUT2D eigenvalue weighted by Gasteiger charge is -2.20. The highest BCUT2D eigenvalue weighted by Gasteiger charge is 2.12. The van der Waals surface area contributed by atoms with Gasteiger partial charge in [-0.2, -0.15) is 0 Å². The van der Waals surface area contributed by atoms with E-state index in [1.165, 1.54) is 5.69 Å². The highest BCUT2D eigenvalue weighted by Crippen LogP contribution is 2.28. The second-order valence-electron chi connectivity index (χ2n) is 6.56. The fourth-order valence-electron chi connectivity index (χ4n) is 2.82. The van der Waals surface area contributed by atoms with E-state index >= 15 is 0 Å². The van der Waals surface area contributed by atoms with E-state index in [0.717, 1.165) is 29.9 Å². The van der Waals surface area contributed by atoms with Crippen molar-refractivity contribution in [2.45, 2.75) is 27.7 Å². The van der Waals surface area contributed by atoms with Crippen molar-refractivity contribution in [2.24, 2.45) is 5.92 Å². The number of hydrogen-bond donors (Lipinski definition) is 1. The van der Waals surface area contributed by atoms with E-state index < -0.39 is 0 Å². The molecule has 1 amide bonds. The Bertz CT molecular complexity index is 893. The van der Waals surface area contributed by atoms with Crippen LogP contribution in [0.25, 0.3) is 22.6 Å². The van der Waals surface area contributed by atoms with Gasteiger partial charge in [-0.05, 0) is 56.3 Å². The molecule has 26 heavy (non-hydrogen) atoms. The SMILES string of the molecule is CCN(CC)c1ccc(-c2nc3cc(NC(=O)C(C)C)ccc3o2)cc1. The number of rotatable bonds is 6. The molecule has 0 aliphatic heterocycles. The van der Waals surface area contributed by atoms with E-state index in [4.69, 9.17) is 4.42 Å². The number of nitrogens with zero attached hydrogens (tertiary/aromatic N) is 2. The summed E-state index contributed by atoms with van der Waals surface area (Å²) >= 11 is 0. The minimum atomic E-state index is -0.0668. The lowest BCUT2D eigenvalue weighted by atomic mass is 10.2. The molecule has 0 atom stereocenters. The van der Waals surface area contributed by atoms with Crippen LogP contribution >= 0.6 is 0 Å². The molecule has 0 fully saturated rings. The number of hydrogen-bond acceptors (Lipinski definition) is 4. The van der Waals surface area contributed by atoms with Crippen LogP contribution < -0.4 is 10.2 Å². The number of anilines is 2. The summed E-state index contributed by atoms with van der Waals surface area (Å²) in [5.74, 6) is 0.501. The highest BCUT2D eigenvalue weighted by molar-refractivity contribution is 5.94. The molecule has 0 unspecified atom stereocenters. The molecule has 0 aliphatic carbocycles. The van der Waals surface area contributed by atoms with Crippen molar-refractivity contribution in [3.63, 3.8) is 0 Å². The number of aromatic nitrogens is 1. The Hall–Kier alpha value is -2.82. The second-order valence-corrected chi connectivity index (χ2v) is 6.56. The van der Waals surface area contributed by atoms with Gasteiger partial charge in [0.1, 0.15) is 5.52 Å². The van der Waals surface area contributed by atoms with Gasteiger partial charge in [-0.3, -0.25) is 4.79 Å². The van der Waals surface area contributed by atoms with Crippen LogP contribution in [-0.4, -0.2) is 24.0 Å². The molecule has 0 bridgehead atoms. The summed E-state index contributed by atoms with van der Waals surface area (Å²) < 4.78 is 5.88. The molecular formula is C21H25N3O2. The maximum Gasteiger partial charge on any atom is 0.227 e. The topological polar surface area (TPSA) is 58.4 Å². The van der Waals surface area contributed by atoms with E-state index in [1.54, 1.807) is 0 Å². The number of oxazole rings is 1. The zero-order chi connectivity index (χ0) is 18.7. The number of nitrogens with one attached hydrogen (secondary N) is 1. The van der Waals surface area contributed by atoms with Crippen molar-refractivity contribution >= 4 is 28.4 Å². The third-order valence-electron chi connectivity index (χ3n) is 4.42. The van der Waals surface area contributed by atoms with Gasteiger partial charge >= 0.3 is 0 Å². The molecule has 0 radical (unpaired) electrons. The first-order valence-electron chi connectivity index (χ1n) is 9.08. The Balaban J connectivity index is 1.86. The standard InChI is InChI=1S/C21H25N3O2/c1-5-24(6-2)17-10-7-15(8-11-17)21-23-18-13-16(9-12-19(18)26-21)22-20(25)14(3)4/h7-14H,5-6H2,1-4H3,(H,22,25). The van der Waals surface area contributed by atoms with Gasteiger partial charge in [0.25, 0.3) is 0 Å². The van der Waals surface area contributed by atoms with Crippen LogP contribution in [0.1, 0.15) is 27.7 Å². The van der Waals surface area contributed by atoms with Crippen molar-refractivity contribution in [1.29, 1.82) is 0 Å². The fraction of sp³-hybridized carbons (Fsp3) is 0.333. The summed E-state index contributed by atoms with van der Waals surface area (Å²) in [5.41, 5.74) is 4.29. The van der Waals surface area contributed by atoms with E-state index in [1.807, 2.05) is 44.2 Å². The lowest BCUT2D eigenvalue weighted by molar-refractivity contribution is -0.118. The van der Waals surface area contributed by atoms with Crippen LogP contribution in [0.15, 0.2) is 46.9 Å². The number of carbonyl (C=O) groups is 1. The average Bonchev–Trinajstić information content (AvgIpc) is 3.06. The quantitative estimate of drug-likeness (QED) is 0.684. The minimum absolute atomic E-state index is 0.0138. The number of benzene rings is 2. The Kier molecular flexibility index (Phi) is 5.26. The van der Waals surface area contributed by atoms with E-state index in [-0.39, 0.29) is 11.8 Å². The first kappa shape index (κ1) is 18.0. The molecule has 3 rings (SSSR count). The molecule has 2 aromatic carbocycles. The lowest BCUT2D eigenvalue weighted by Crippen LogP contribution is -2.21. The largest absolute Gasteiger partial charge is 0.436 e. The van der Waals surface area contributed by atoms with E-state index in [9.17, 15) is 4.79 Å². The maximum absolute atomic E-state index is 11.9. The molecule has 1 aromatic heterocycles. The van der Waals surface area contributed by atoms with E-state index in [0.29, 0.717) is 11.5 Å². The van der Waals surface area contributed by atoms with Crippen molar-refractivity contribution in [2.75, 3.05) is 23.3 Å². The minimum Gasteiger partial charge on any atom is -0.436 e.